The first-order chi connectivity index (χ1) is 10.1. The Morgan fingerprint density at radius 2 is 1.86 bits per heavy atom. The summed E-state index contributed by atoms with van der Waals surface area (Å²) in [6.45, 7) is 1.10. The first kappa shape index (κ1) is 16.8. The molecule has 0 saturated carbocycles. The van der Waals surface area contributed by atoms with Crippen molar-refractivity contribution in [2.75, 3.05) is 20.3 Å². The van der Waals surface area contributed by atoms with E-state index in [9.17, 15) is 0 Å². The van der Waals surface area contributed by atoms with Gasteiger partial charge in [0.05, 0.1) is 15.9 Å². The minimum absolute atomic E-state index is 0.0838. The molecule has 0 fully saturated rings. The lowest BCUT2D eigenvalue weighted by Gasteiger charge is -2.14. The van der Waals surface area contributed by atoms with Gasteiger partial charge in [-0.3, -0.25) is 0 Å². The van der Waals surface area contributed by atoms with Crippen molar-refractivity contribution in [3.05, 3.63) is 63.1 Å². The molecule has 2 aromatic rings. The zero-order chi connectivity index (χ0) is 15.2. The molecule has 0 radical (unpaired) electrons. The van der Waals surface area contributed by atoms with Crippen LogP contribution in [0.25, 0.3) is 0 Å². The molecule has 2 nitrogen and oxygen atoms in total. The maximum Gasteiger partial charge on any atom is 0.133 e. The van der Waals surface area contributed by atoms with E-state index in [1.165, 1.54) is 0 Å². The van der Waals surface area contributed by atoms with Gasteiger partial charge in [0.25, 0.3) is 0 Å². The first-order valence-corrected chi connectivity index (χ1v) is 8.51. The highest BCUT2D eigenvalue weighted by atomic mass is 79.9. The van der Waals surface area contributed by atoms with Gasteiger partial charge in [-0.05, 0) is 51.3 Å². The van der Waals surface area contributed by atoms with Crippen LogP contribution < -0.4 is 4.74 Å². The van der Waals surface area contributed by atoms with Gasteiger partial charge in [0.15, 0.2) is 0 Å². The van der Waals surface area contributed by atoms with Gasteiger partial charge >= 0.3 is 0 Å². The number of halogens is 3. The summed E-state index contributed by atoms with van der Waals surface area (Å²) in [5, 5.41) is 0.732. The van der Waals surface area contributed by atoms with Crippen LogP contribution in [0.15, 0.2) is 46.9 Å². The van der Waals surface area contributed by atoms with Gasteiger partial charge < -0.3 is 9.47 Å². The third-order valence-corrected chi connectivity index (χ3v) is 4.85. The summed E-state index contributed by atoms with van der Waals surface area (Å²) >= 11 is 13.3. The maximum atomic E-state index is 6.04. The van der Waals surface area contributed by atoms with Crippen LogP contribution in [-0.4, -0.2) is 20.3 Å². The highest BCUT2D eigenvalue weighted by molar-refractivity contribution is 9.10. The SMILES string of the molecule is COCCOc1ccc(C(Br)c2cccc(Cl)c2)cc1Br. The molecule has 0 bridgehead atoms. The van der Waals surface area contributed by atoms with E-state index in [0.29, 0.717) is 13.2 Å². The van der Waals surface area contributed by atoms with E-state index in [2.05, 4.69) is 31.9 Å². The van der Waals surface area contributed by atoms with Crippen molar-refractivity contribution in [1.82, 2.24) is 0 Å². The number of rotatable bonds is 6. The Bertz CT molecular complexity index is 605. The molecule has 0 aliphatic rings. The van der Waals surface area contributed by atoms with Crippen LogP contribution in [0, 0.1) is 0 Å². The molecule has 0 saturated heterocycles. The molecule has 5 heteroatoms. The van der Waals surface area contributed by atoms with Crippen LogP contribution in [0.1, 0.15) is 16.0 Å². The first-order valence-electron chi connectivity index (χ1n) is 6.42. The Labute approximate surface area is 146 Å². The molecule has 0 aliphatic heterocycles. The van der Waals surface area contributed by atoms with Gasteiger partial charge in [0, 0.05) is 12.1 Å². The van der Waals surface area contributed by atoms with Crippen LogP contribution >= 0.6 is 43.5 Å². The molecule has 1 unspecified atom stereocenters. The number of alkyl halides is 1. The van der Waals surface area contributed by atoms with E-state index >= 15 is 0 Å². The van der Waals surface area contributed by atoms with E-state index in [1.807, 2.05) is 42.5 Å². The van der Waals surface area contributed by atoms with Crippen molar-refractivity contribution in [3.63, 3.8) is 0 Å². The number of ether oxygens (including phenoxy) is 2. The molecule has 1 atom stereocenters. The molecular weight excluding hydrogens is 419 g/mol. The minimum Gasteiger partial charge on any atom is -0.490 e. The van der Waals surface area contributed by atoms with Crippen molar-refractivity contribution in [1.29, 1.82) is 0 Å². The van der Waals surface area contributed by atoms with Gasteiger partial charge in [0.1, 0.15) is 12.4 Å². The number of hydrogen-bond donors (Lipinski definition) is 0. The van der Waals surface area contributed by atoms with E-state index < -0.39 is 0 Å². The van der Waals surface area contributed by atoms with Crippen molar-refractivity contribution < 1.29 is 9.47 Å². The second-order valence-corrected chi connectivity index (χ2v) is 6.66. The van der Waals surface area contributed by atoms with E-state index in [0.717, 1.165) is 26.4 Å². The predicted octanol–water partition coefficient (Wildman–Crippen LogP) is 5.61. The van der Waals surface area contributed by atoms with Gasteiger partial charge in [0.2, 0.25) is 0 Å². The summed E-state index contributed by atoms with van der Waals surface area (Å²) in [4.78, 5) is 0.0838. The second kappa shape index (κ2) is 8.18. The van der Waals surface area contributed by atoms with Crippen molar-refractivity contribution in [2.24, 2.45) is 0 Å². The van der Waals surface area contributed by atoms with Crippen LogP contribution in [0.3, 0.4) is 0 Å². The summed E-state index contributed by atoms with van der Waals surface area (Å²) in [6.07, 6.45) is 0. The fourth-order valence-electron chi connectivity index (χ4n) is 1.88. The van der Waals surface area contributed by atoms with Gasteiger partial charge in [-0.25, -0.2) is 0 Å². The van der Waals surface area contributed by atoms with Crippen LogP contribution in [0.2, 0.25) is 5.02 Å². The van der Waals surface area contributed by atoms with Crippen LogP contribution in [-0.2, 0) is 4.74 Å². The summed E-state index contributed by atoms with van der Waals surface area (Å²) in [7, 11) is 1.65. The molecule has 0 aliphatic carbocycles. The van der Waals surface area contributed by atoms with Gasteiger partial charge in [-0.15, -0.1) is 0 Å². The fourth-order valence-corrected chi connectivity index (χ4v) is 3.16. The van der Waals surface area contributed by atoms with Gasteiger partial charge in [-0.1, -0.05) is 45.7 Å². The summed E-state index contributed by atoms with van der Waals surface area (Å²) < 4.78 is 11.5. The number of benzene rings is 2. The van der Waals surface area contributed by atoms with E-state index in [-0.39, 0.29) is 4.83 Å². The monoisotopic (exact) mass is 432 g/mol. The molecule has 0 heterocycles. The third-order valence-electron chi connectivity index (χ3n) is 2.93. The normalized spacial score (nSPS) is 12.2. The molecule has 0 aromatic heterocycles. The van der Waals surface area contributed by atoms with E-state index in [1.54, 1.807) is 7.11 Å². The fraction of sp³-hybridized carbons (Fsp3) is 0.250. The molecule has 21 heavy (non-hydrogen) atoms. The predicted molar refractivity (Wildman–Crippen MR) is 93.7 cm³/mol. The molecular formula is C16H15Br2ClO2. The van der Waals surface area contributed by atoms with Crippen molar-refractivity contribution in [3.8, 4) is 5.75 Å². The Balaban J connectivity index is 2.15. The number of hydrogen-bond acceptors (Lipinski definition) is 2. The maximum absolute atomic E-state index is 6.04. The zero-order valence-electron chi connectivity index (χ0n) is 11.5. The largest absolute Gasteiger partial charge is 0.490 e. The van der Waals surface area contributed by atoms with Crippen molar-refractivity contribution >= 4 is 43.5 Å². The molecule has 0 spiro atoms. The molecule has 112 valence electrons. The Kier molecular flexibility index (Phi) is 6.55. The molecule has 2 aromatic carbocycles. The van der Waals surface area contributed by atoms with E-state index in [4.69, 9.17) is 21.1 Å². The summed E-state index contributed by atoms with van der Waals surface area (Å²) in [6, 6.07) is 13.8. The average molecular weight is 435 g/mol. The highest BCUT2D eigenvalue weighted by Gasteiger charge is 2.13. The molecule has 0 amide bonds. The Morgan fingerprint density at radius 1 is 1.10 bits per heavy atom. The third kappa shape index (κ3) is 4.71. The minimum atomic E-state index is 0.0838. The Morgan fingerprint density at radius 3 is 2.52 bits per heavy atom. The van der Waals surface area contributed by atoms with Gasteiger partial charge in [-0.2, -0.15) is 0 Å². The average Bonchev–Trinajstić information content (AvgIpc) is 2.48. The second-order valence-electron chi connectivity index (χ2n) is 4.45. The standard InChI is InChI=1S/C16H15Br2ClO2/c1-20-7-8-21-15-6-5-12(10-14(15)17)16(18)11-3-2-4-13(19)9-11/h2-6,9-10,16H,7-8H2,1H3. The highest BCUT2D eigenvalue weighted by Crippen LogP contribution is 2.36. The van der Waals surface area contributed by atoms with Crippen molar-refractivity contribution in [2.45, 2.75) is 4.83 Å². The zero-order valence-corrected chi connectivity index (χ0v) is 15.4. The summed E-state index contributed by atoms with van der Waals surface area (Å²) in [5.41, 5.74) is 2.24. The number of methoxy groups -OCH3 is 1. The molecule has 2 rings (SSSR count). The quantitative estimate of drug-likeness (QED) is 0.434. The smallest absolute Gasteiger partial charge is 0.133 e. The van der Waals surface area contributed by atoms with Crippen LogP contribution in [0.4, 0.5) is 0 Å². The summed E-state index contributed by atoms with van der Waals surface area (Å²) in [5.74, 6) is 0.807. The van der Waals surface area contributed by atoms with Crippen LogP contribution in [0.5, 0.6) is 5.75 Å². The lowest BCUT2D eigenvalue weighted by atomic mass is 10.0. The lowest BCUT2D eigenvalue weighted by molar-refractivity contribution is 0.146. The lowest BCUT2D eigenvalue weighted by Crippen LogP contribution is -2.05. The Hall–Kier alpha value is -0.550. The topological polar surface area (TPSA) is 18.5 Å². The molecule has 0 N–H and O–H groups in total.